The van der Waals surface area contributed by atoms with E-state index in [1.807, 2.05) is 31.0 Å². The number of alkyl halides is 2. The minimum absolute atomic E-state index is 0.0287. The molecule has 4 heterocycles. The minimum Gasteiger partial charge on any atom is -0.341 e. The van der Waals surface area contributed by atoms with Crippen LogP contribution in [0.5, 0.6) is 0 Å². The number of nitrogens with zero attached hydrogens (tertiary/aromatic N) is 6. The highest BCUT2D eigenvalue weighted by molar-refractivity contribution is 5.87. The molecule has 3 aromatic rings. The fraction of sp³-hybridized carbons (Fsp3) is 0.462. The highest BCUT2D eigenvalue weighted by Crippen LogP contribution is 2.32. The molecule has 1 amide bonds. The maximum atomic E-state index is 13.7. The van der Waals surface area contributed by atoms with Crippen molar-refractivity contribution in [2.24, 2.45) is 7.05 Å². The first-order valence-corrected chi connectivity index (χ1v) is 12.3. The predicted octanol–water partition coefficient (Wildman–Crippen LogP) is 3.40. The second-order valence-corrected chi connectivity index (χ2v) is 9.76. The van der Waals surface area contributed by atoms with E-state index >= 15 is 0 Å². The van der Waals surface area contributed by atoms with Crippen LogP contribution in [0, 0.1) is 13.8 Å². The molecule has 10 heteroatoms. The zero-order valence-corrected chi connectivity index (χ0v) is 20.8. The normalized spacial score (nSPS) is 17.9. The Bertz CT molecular complexity index is 1250. The molecule has 2 aliphatic heterocycles. The lowest BCUT2D eigenvalue weighted by atomic mass is 9.84. The van der Waals surface area contributed by atoms with Crippen LogP contribution in [0.2, 0.25) is 0 Å². The van der Waals surface area contributed by atoms with E-state index in [-0.39, 0.29) is 11.5 Å². The number of piperazine rings is 1. The lowest BCUT2D eigenvalue weighted by Crippen LogP contribution is -2.67. The summed E-state index contributed by atoms with van der Waals surface area (Å²) in [5, 5.41) is 8.08. The summed E-state index contributed by atoms with van der Waals surface area (Å²) in [4.78, 5) is 26.9. The topological polar surface area (TPSA) is 79.2 Å². The molecule has 1 aromatic carbocycles. The Hall–Kier alpha value is -3.40. The third-order valence-corrected chi connectivity index (χ3v) is 7.11. The van der Waals surface area contributed by atoms with Gasteiger partial charge in [0.1, 0.15) is 5.54 Å². The number of hydrogen-bond donors (Lipinski definition) is 1. The smallest absolute Gasteiger partial charge is 0.263 e. The third kappa shape index (κ3) is 4.69. The van der Waals surface area contributed by atoms with Gasteiger partial charge in [0.05, 0.1) is 12.2 Å². The van der Waals surface area contributed by atoms with Crippen molar-refractivity contribution in [2.75, 3.05) is 31.1 Å². The standard InChI is InChI=1S/C26H31F2N7O/c1-17-13-18(2)31-25(30-17)34-10-7-26(8-11-34)24(36)35(12-9-29-26)16-22-21(15-33(3)32-22)19-5-4-6-20(14-19)23(27)28/h4-6,13-15,23,29H,7-12,16H2,1-3H3. The summed E-state index contributed by atoms with van der Waals surface area (Å²) in [7, 11) is 1.80. The summed E-state index contributed by atoms with van der Waals surface area (Å²) in [6.07, 6.45) is 0.596. The SMILES string of the molecule is Cc1cc(C)nc(N2CCC3(CC2)NCCN(Cc2nn(C)cc2-c2cccc(C(F)F)c2)C3=O)n1. The number of nitrogens with one attached hydrogen (secondary N) is 1. The Balaban J connectivity index is 1.33. The average Bonchev–Trinajstić information content (AvgIpc) is 3.22. The van der Waals surface area contributed by atoms with E-state index in [1.54, 1.807) is 23.9 Å². The number of carbonyl (C=O) groups excluding carboxylic acids is 1. The fourth-order valence-corrected chi connectivity index (χ4v) is 5.30. The quantitative estimate of drug-likeness (QED) is 0.585. The van der Waals surface area contributed by atoms with Crippen LogP contribution in [0.4, 0.5) is 14.7 Å². The second kappa shape index (κ2) is 9.57. The summed E-state index contributed by atoms with van der Waals surface area (Å²) in [5.41, 5.74) is 3.35. The first-order chi connectivity index (χ1) is 17.2. The number of benzene rings is 1. The third-order valence-electron chi connectivity index (χ3n) is 7.11. The Morgan fingerprint density at radius 1 is 1.08 bits per heavy atom. The number of amides is 1. The molecule has 0 bridgehead atoms. The van der Waals surface area contributed by atoms with Crippen LogP contribution in [-0.4, -0.2) is 62.3 Å². The molecule has 1 N–H and O–H groups in total. The highest BCUT2D eigenvalue weighted by Gasteiger charge is 2.46. The van der Waals surface area contributed by atoms with Crippen LogP contribution < -0.4 is 10.2 Å². The zero-order chi connectivity index (χ0) is 25.4. The van der Waals surface area contributed by atoms with Gasteiger partial charge in [0, 0.05) is 61.9 Å². The van der Waals surface area contributed by atoms with E-state index in [9.17, 15) is 13.6 Å². The Morgan fingerprint density at radius 2 is 1.81 bits per heavy atom. The molecule has 36 heavy (non-hydrogen) atoms. The van der Waals surface area contributed by atoms with Crippen molar-refractivity contribution in [1.29, 1.82) is 0 Å². The van der Waals surface area contributed by atoms with E-state index < -0.39 is 12.0 Å². The maximum absolute atomic E-state index is 13.7. The van der Waals surface area contributed by atoms with E-state index in [0.29, 0.717) is 62.8 Å². The highest BCUT2D eigenvalue weighted by atomic mass is 19.3. The lowest BCUT2D eigenvalue weighted by Gasteiger charge is -2.47. The van der Waals surface area contributed by atoms with Crippen LogP contribution in [0.1, 0.15) is 41.9 Å². The summed E-state index contributed by atoms with van der Waals surface area (Å²) >= 11 is 0. The molecule has 2 aromatic heterocycles. The fourth-order valence-electron chi connectivity index (χ4n) is 5.30. The van der Waals surface area contributed by atoms with Gasteiger partial charge in [0.2, 0.25) is 11.9 Å². The van der Waals surface area contributed by atoms with Crippen LogP contribution in [0.25, 0.3) is 11.1 Å². The Labute approximate surface area is 209 Å². The molecule has 2 saturated heterocycles. The summed E-state index contributed by atoms with van der Waals surface area (Å²) in [5.74, 6) is 0.777. The first kappa shape index (κ1) is 24.3. The molecule has 0 radical (unpaired) electrons. The number of aryl methyl sites for hydroxylation is 3. The van der Waals surface area contributed by atoms with Gasteiger partial charge < -0.3 is 15.1 Å². The van der Waals surface area contributed by atoms with Crippen LogP contribution >= 0.6 is 0 Å². The number of piperidine rings is 1. The molecule has 2 fully saturated rings. The summed E-state index contributed by atoms with van der Waals surface area (Å²) < 4.78 is 28.2. The van der Waals surface area contributed by atoms with Gasteiger partial charge in [-0.2, -0.15) is 5.10 Å². The monoisotopic (exact) mass is 495 g/mol. The zero-order valence-electron chi connectivity index (χ0n) is 20.8. The van der Waals surface area contributed by atoms with Gasteiger partial charge in [-0.3, -0.25) is 9.48 Å². The largest absolute Gasteiger partial charge is 0.341 e. The Kier molecular flexibility index (Phi) is 6.46. The van der Waals surface area contributed by atoms with E-state index in [0.717, 1.165) is 17.0 Å². The van der Waals surface area contributed by atoms with Gasteiger partial charge in [-0.05, 0) is 44.4 Å². The molecule has 5 rings (SSSR count). The van der Waals surface area contributed by atoms with Gasteiger partial charge in [0.15, 0.2) is 0 Å². The van der Waals surface area contributed by atoms with Crippen molar-refractivity contribution >= 4 is 11.9 Å². The Morgan fingerprint density at radius 3 is 2.50 bits per heavy atom. The number of rotatable bonds is 5. The maximum Gasteiger partial charge on any atom is 0.263 e. The van der Waals surface area contributed by atoms with E-state index in [1.165, 1.54) is 12.1 Å². The molecular formula is C26H31F2N7O. The van der Waals surface area contributed by atoms with Gasteiger partial charge in [-0.1, -0.05) is 18.2 Å². The number of hydrogen-bond acceptors (Lipinski definition) is 6. The number of carbonyl (C=O) groups is 1. The number of anilines is 1. The number of halogens is 2. The second-order valence-electron chi connectivity index (χ2n) is 9.76. The molecule has 1 spiro atoms. The summed E-state index contributed by atoms with van der Waals surface area (Å²) in [6.45, 7) is 6.88. The average molecular weight is 496 g/mol. The number of aromatic nitrogens is 4. The van der Waals surface area contributed by atoms with Crippen LogP contribution in [-0.2, 0) is 18.4 Å². The van der Waals surface area contributed by atoms with Gasteiger partial charge in [0.25, 0.3) is 6.43 Å². The van der Waals surface area contributed by atoms with Crippen LogP contribution in [0.15, 0.2) is 36.5 Å². The van der Waals surface area contributed by atoms with Gasteiger partial charge >= 0.3 is 0 Å². The van der Waals surface area contributed by atoms with Crippen molar-refractivity contribution in [3.63, 3.8) is 0 Å². The molecule has 2 aliphatic rings. The molecular weight excluding hydrogens is 464 g/mol. The van der Waals surface area contributed by atoms with Crippen molar-refractivity contribution in [1.82, 2.24) is 30.0 Å². The molecule has 0 unspecified atom stereocenters. The van der Waals surface area contributed by atoms with E-state index in [4.69, 9.17) is 0 Å². The van der Waals surface area contributed by atoms with Crippen molar-refractivity contribution in [3.8, 4) is 11.1 Å². The molecule has 190 valence electrons. The van der Waals surface area contributed by atoms with Crippen molar-refractivity contribution in [3.05, 3.63) is 59.2 Å². The van der Waals surface area contributed by atoms with Gasteiger partial charge in [-0.25, -0.2) is 18.7 Å². The van der Waals surface area contributed by atoms with E-state index in [2.05, 4.69) is 25.3 Å². The van der Waals surface area contributed by atoms with Gasteiger partial charge in [-0.15, -0.1) is 0 Å². The predicted molar refractivity (Wildman–Crippen MR) is 133 cm³/mol. The van der Waals surface area contributed by atoms with Crippen molar-refractivity contribution < 1.29 is 13.6 Å². The van der Waals surface area contributed by atoms with Crippen molar-refractivity contribution in [2.45, 2.75) is 45.2 Å². The molecule has 8 nitrogen and oxygen atoms in total. The molecule has 0 saturated carbocycles. The minimum atomic E-state index is -2.54. The van der Waals surface area contributed by atoms with Crippen LogP contribution in [0.3, 0.4) is 0 Å². The molecule has 0 aliphatic carbocycles. The summed E-state index contributed by atoms with van der Waals surface area (Å²) in [6, 6.07) is 8.30. The lowest BCUT2D eigenvalue weighted by molar-refractivity contribution is -0.143. The first-order valence-electron chi connectivity index (χ1n) is 12.3. The molecule has 0 atom stereocenters.